The van der Waals surface area contributed by atoms with Crippen LogP contribution in [0.25, 0.3) is 0 Å². The summed E-state index contributed by atoms with van der Waals surface area (Å²) >= 11 is 1.34. The number of carbonyl (C=O) groups is 1. The van der Waals surface area contributed by atoms with Gasteiger partial charge in [0.05, 0.1) is 0 Å². The van der Waals surface area contributed by atoms with Gasteiger partial charge in [0.25, 0.3) is 0 Å². The first-order chi connectivity index (χ1) is 9.47. The second kappa shape index (κ2) is 5.83. The topological polar surface area (TPSA) is 94.2 Å². The van der Waals surface area contributed by atoms with Crippen LogP contribution in [0.1, 0.15) is 21.1 Å². The molecule has 106 valence electrons. The van der Waals surface area contributed by atoms with Crippen LogP contribution in [-0.4, -0.2) is 35.0 Å². The number of anilines is 2. The average molecular weight is 293 g/mol. The molecule has 2 heterocycles. The van der Waals surface area contributed by atoms with E-state index in [1.165, 1.54) is 11.3 Å². The number of rotatable bonds is 4. The third-order valence-electron chi connectivity index (χ3n) is 2.47. The fourth-order valence-electron chi connectivity index (χ4n) is 1.47. The van der Waals surface area contributed by atoms with Crippen LogP contribution in [0, 0.1) is 6.92 Å². The highest BCUT2D eigenvalue weighted by Gasteiger charge is 2.14. The number of hydrogen-bond acceptors (Lipinski definition) is 8. The Morgan fingerprint density at radius 3 is 2.75 bits per heavy atom. The van der Waals surface area contributed by atoms with Gasteiger partial charge in [-0.1, -0.05) is 0 Å². The zero-order valence-corrected chi connectivity index (χ0v) is 12.3. The lowest BCUT2D eigenvalue weighted by atomic mass is 10.3. The Morgan fingerprint density at radius 1 is 1.40 bits per heavy atom. The predicted molar refractivity (Wildman–Crippen MR) is 76.7 cm³/mol. The number of esters is 1. The molecule has 8 heteroatoms. The first-order valence-corrected chi connectivity index (χ1v) is 6.74. The quantitative estimate of drug-likeness (QED) is 0.847. The summed E-state index contributed by atoms with van der Waals surface area (Å²) in [5.41, 5.74) is 6.49. The van der Waals surface area contributed by atoms with Gasteiger partial charge in [0, 0.05) is 14.1 Å². The molecule has 0 aliphatic carbocycles. The lowest BCUT2D eigenvalue weighted by Crippen LogP contribution is -2.17. The fraction of sp³-hybridized carbons (Fsp3) is 0.333. The van der Waals surface area contributed by atoms with Crippen molar-refractivity contribution in [1.29, 1.82) is 0 Å². The highest BCUT2D eigenvalue weighted by molar-refractivity contribution is 7.12. The molecule has 0 fully saturated rings. The molecule has 0 amide bonds. The van der Waals surface area contributed by atoms with E-state index in [1.54, 1.807) is 19.0 Å². The highest BCUT2D eigenvalue weighted by Crippen LogP contribution is 2.17. The Labute approximate surface area is 120 Å². The monoisotopic (exact) mass is 293 g/mol. The standard InChI is InChI=1S/C12H15N5O2S/c1-7-4-5-20-9(7)10(18)19-6-8-14-11(13)16-12(15-8)17(2)3/h4-5H,6H2,1-3H3,(H2,13,14,15,16). The molecule has 7 nitrogen and oxygen atoms in total. The summed E-state index contributed by atoms with van der Waals surface area (Å²) in [5, 5.41) is 1.84. The summed E-state index contributed by atoms with van der Waals surface area (Å²) in [6.45, 7) is 1.82. The van der Waals surface area contributed by atoms with Gasteiger partial charge in [-0.3, -0.25) is 0 Å². The number of nitrogens with zero attached hydrogens (tertiary/aromatic N) is 4. The zero-order chi connectivity index (χ0) is 14.7. The van der Waals surface area contributed by atoms with E-state index < -0.39 is 0 Å². The molecule has 2 aromatic heterocycles. The lowest BCUT2D eigenvalue weighted by molar-refractivity contribution is 0.0467. The molecule has 0 atom stereocenters. The molecule has 0 saturated carbocycles. The minimum absolute atomic E-state index is 0.0380. The molecular weight excluding hydrogens is 278 g/mol. The maximum absolute atomic E-state index is 11.9. The van der Waals surface area contributed by atoms with Gasteiger partial charge < -0.3 is 15.4 Å². The van der Waals surface area contributed by atoms with Crippen molar-refractivity contribution in [1.82, 2.24) is 15.0 Å². The van der Waals surface area contributed by atoms with Crippen molar-refractivity contribution in [2.45, 2.75) is 13.5 Å². The summed E-state index contributed by atoms with van der Waals surface area (Å²) in [5.74, 6) is 0.463. The zero-order valence-electron chi connectivity index (χ0n) is 11.5. The number of nitrogens with two attached hydrogens (primary N) is 1. The summed E-state index contributed by atoms with van der Waals surface area (Å²) in [4.78, 5) is 26.2. The molecule has 0 aliphatic rings. The average Bonchev–Trinajstić information content (AvgIpc) is 2.81. The van der Waals surface area contributed by atoms with Gasteiger partial charge in [0.2, 0.25) is 11.9 Å². The van der Waals surface area contributed by atoms with E-state index in [4.69, 9.17) is 10.5 Å². The molecule has 0 spiro atoms. The van der Waals surface area contributed by atoms with Crippen LogP contribution in [0.5, 0.6) is 0 Å². The Bertz CT molecular complexity index is 626. The number of hydrogen-bond donors (Lipinski definition) is 1. The van der Waals surface area contributed by atoms with Gasteiger partial charge in [-0.2, -0.15) is 15.0 Å². The number of nitrogen functional groups attached to an aromatic ring is 1. The van der Waals surface area contributed by atoms with Crippen LogP contribution >= 0.6 is 11.3 Å². The van der Waals surface area contributed by atoms with Gasteiger partial charge in [0.1, 0.15) is 4.88 Å². The molecule has 2 N–H and O–H groups in total. The largest absolute Gasteiger partial charge is 0.453 e. The van der Waals surface area contributed by atoms with E-state index in [9.17, 15) is 4.79 Å². The third kappa shape index (κ3) is 3.21. The van der Waals surface area contributed by atoms with Crippen molar-refractivity contribution in [2.75, 3.05) is 24.7 Å². The van der Waals surface area contributed by atoms with Gasteiger partial charge in [-0.25, -0.2) is 4.79 Å². The molecular formula is C12H15N5O2S. The second-order valence-corrected chi connectivity index (χ2v) is 5.23. The molecule has 0 radical (unpaired) electrons. The SMILES string of the molecule is Cc1ccsc1C(=O)OCc1nc(N)nc(N(C)C)n1. The predicted octanol–water partition coefficient (Wildman–Crippen LogP) is 1.25. The van der Waals surface area contributed by atoms with Crippen LogP contribution in [-0.2, 0) is 11.3 Å². The maximum atomic E-state index is 11.9. The Hall–Kier alpha value is -2.22. The number of thiophene rings is 1. The molecule has 20 heavy (non-hydrogen) atoms. The van der Waals surface area contributed by atoms with Crippen LogP contribution in [0.15, 0.2) is 11.4 Å². The van der Waals surface area contributed by atoms with E-state index >= 15 is 0 Å². The lowest BCUT2D eigenvalue weighted by Gasteiger charge is -2.11. The summed E-state index contributed by atoms with van der Waals surface area (Å²) < 4.78 is 5.19. The van der Waals surface area contributed by atoms with Gasteiger partial charge in [-0.05, 0) is 23.9 Å². The van der Waals surface area contributed by atoms with Crippen molar-refractivity contribution in [3.63, 3.8) is 0 Å². The number of carbonyl (C=O) groups excluding carboxylic acids is 1. The van der Waals surface area contributed by atoms with E-state index in [0.29, 0.717) is 16.6 Å². The minimum Gasteiger partial charge on any atom is -0.453 e. The molecule has 0 saturated heterocycles. The Balaban J connectivity index is 2.08. The van der Waals surface area contributed by atoms with E-state index in [2.05, 4.69) is 15.0 Å². The fourth-order valence-corrected chi connectivity index (χ4v) is 2.28. The number of aryl methyl sites for hydroxylation is 1. The first kappa shape index (κ1) is 14.2. The van der Waals surface area contributed by atoms with E-state index in [0.717, 1.165) is 5.56 Å². The number of ether oxygens (including phenoxy) is 1. The van der Waals surface area contributed by atoms with Crippen LogP contribution < -0.4 is 10.6 Å². The van der Waals surface area contributed by atoms with Gasteiger partial charge in [0.15, 0.2) is 12.4 Å². The summed E-state index contributed by atoms with van der Waals surface area (Å²) in [7, 11) is 3.58. The van der Waals surface area contributed by atoms with Gasteiger partial charge >= 0.3 is 5.97 Å². The van der Waals surface area contributed by atoms with Crippen molar-refractivity contribution in [2.24, 2.45) is 0 Å². The van der Waals surface area contributed by atoms with Gasteiger partial charge in [-0.15, -0.1) is 11.3 Å². The van der Waals surface area contributed by atoms with Crippen molar-refractivity contribution >= 4 is 29.2 Å². The Morgan fingerprint density at radius 2 is 2.15 bits per heavy atom. The van der Waals surface area contributed by atoms with Crippen LogP contribution in [0.4, 0.5) is 11.9 Å². The Kier molecular flexibility index (Phi) is 4.14. The van der Waals surface area contributed by atoms with Crippen molar-refractivity contribution < 1.29 is 9.53 Å². The van der Waals surface area contributed by atoms with Crippen molar-refractivity contribution in [3.05, 3.63) is 27.7 Å². The normalized spacial score (nSPS) is 10.3. The second-order valence-electron chi connectivity index (χ2n) is 4.31. The number of aromatic nitrogens is 3. The first-order valence-electron chi connectivity index (χ1n) is 5.86. The minimum atomic E-state index is -0.386. The smallest absolute Gasteiger partial charge is 0.349 e. The summed E-state index contributed by atoms with van der Waals surface area (Å²) in [6.07, 6.45) is 0. The molecule has 0 unspecified atom stereocenters. The van der Waals surface area contributed by atoms with E-state index in [1.807, 2.05) is 18.4 Å². The molecule has 0 aromatic carbocycles. The molecule has 0 aliphatic heterocycles. The maximum Gasteiger partial charge on any atom is 0.349 e. The van der Waals surface area contributed by atoms with Crippen molar-refractivity contribution in [3.8, 4) is 0 Å². The van der Waals surface area contributed by atoms with Crippen LogP contribution in [0.3, 0.4) is 0 Å². The third-order valence-corrected chi connectivity index (χ3v) is 3.46. The summed E-state index contributed by atoms with van der Waals surface area (Å²) in [6, 6.07) is 1.87. The highest BCUT2D eigenvalue weighted by atomic mass is 32.1. The van der Waals surface area contributed by atoms with Crippen LogP contribution in [0.2, 0.25) is 0 Å². The molecule has 0 bridgehead atoms. The van der Waals surface area contributed by atoms with E-state index in [-0.39, 0.29) is 18.5 Å². The molecule has 2 aromatic rings. The molecule has 2 rings (SSSR count).